The van der Waals surface area contributed by atoms with E-state index in [0.29, 0.717) is 31.8 Å². The second-order valence-electron chi connectivity index (χ2n) is 7.56. The van der Waals surface area contributed by atoms with Gasteiger partial charge in [0.15, 0.2) is 5.82 Å². The van der Waals surface area contributed by atoms with Gasteiger partial charge in [0.05, 0.1) is 7.11 Å². The molecule has 3 N–H and O–H groups in total. The fraction of sp³-hybridized carbons (Fsp3) is 0.476. The zero-order chi connectivity index (χ0) is 20.9. The molecule has 1 aromatic carbocycles. The number of aromatic amines is 1. The second kappa shape index (κ2) is 9.17. The third-order valence-electron chi connectivity index (χ3n) is 5.50. The molecule has 0 unspecified atom stereocenters. The number of benzene rings is 1. The van der Waals surface area contributed by atoms with Gasteiger partial charge in [-0.15, -0.1) is 0 Å². The third kappa shape index (κ3) is 4.73. The van der Waals surface area contributed by atoms with Crippen molar-refractivity contribution in [3.05, 3.63) is 41.6 Å². The Morgan fingerprint density at radius 1 is 1.30 bits per heavy atom. The van der Waals surface area contributed by atoms with Gasteiger partial charge in [-0.3, -0.25) is 9.89 Å². The summed E-state index contributed by atoms with van der Waals surface area (Å²) in [6.07, 6.45) is 2.09. The number of alkyl carbamates (subject to hydrolysis) is 1. The molecule has 1 saturated heterocycles. The number of nitrogens with one attached hydrogen (secondary N) is 3. The highest BCUT2D eigenvalue weighted by Crippen LogP contribution is 2.38. The van der Waals surface area contributed by atoms with Crippen LogP contribution in [-0.4, -0.2) is 48.1 Å². The Morgan fingerprint density at radius 2 is 2.13 bits per heavy atom. The molecule has 2 aromatic rings. The second-order valence-corrected chi connectivity index (χ2v) is 7.56. The molecule has 0 radical (unpaired) electrons. The summed E-state index contributed by atoms with van der Waals surface area (Å²) in [5, 5.41) is 12.7. The van der Waals surface area contributed by atoms with E-state index in [-0.39, 0.29) is 24.0 Å². The molecule has 0 bridgehead atoms. The highest BCUT2D eigenvalue weighted by molar-refractivity contribution is 5.93. The van der Waals surface area contributed by atoms with Crippen LogP contribution in [0.3, 0.4) is 0 Å². The molecule has 2 heterocycles. The minimum absolute atomic E-state index is 0.138. The van der Waals surface area contributed by atoms with E-state index < -0.39 is 6.09 Å². The first-order valence-electron chi connectivity index (χ1n) is 10.2. The Bertz CT molecular complexity index is 887. The predicted octanol–water partition coefficient (Wildman–Crippen LogP) is 2.71. The molecule has 1 atom stereocenters. The monoisotopic (exact) mass is 414 g/mol. The quantitative estimate of drug-likeness (QED) is 0.642. The number of hydrogen-bond acceptors (Lipinski definition) is 6. The SMILES string of the molecule is COc1ccccc1CNC(=O)OC1CC(c2cc(NC(=O)[C@H]3CCCO3)n[nH]2)C1. The molecule has 2 aliphatic rings. The van der Waals surface area contributed by atoms with Crippen LogP contribution in [0.15, 0.2) is 30.3 Å². The maximum absolute atomic E-state index is 12.1. The average molecular weight is 414 g/mol. The predicted molar refractivity (Wildman–Crippen MR) is 108 cm³/mol. The number of amides is 2. The Balaban J connectivity index is 1.19. The lowest BCUT2D eigenvalue weighted by atomic mass is 9.80. The smallest absolute Gasteiger partial charge is 0.407 e. The van der Waals surface area contributed by atoms with Crippen molar-refractivity contribution in [1.82, 2.24) is 15.5 Å². The summed E-state index contributed by atoms with van der Waals surface area (Å²) in [7, 11) is 1.60. The summed E-state index contributed by atoms with van der Waals surface area (Å²) in [6, 6.07) is 9.34. The van der Waals surface area contributed by atoms with Crippen LogP contribution >= 0.6 is 0 Å². The number of H-pyrrole nitrogens is 1. The van der Waals surface area contributed by atoms with Crippen molar-refractivity contribution in [3.8, 4) is 5.75 Å². The van der Waals surface area contributed by atoms with Crippen molar-refractivity contribution in [2.24, 2.45) is 0 Å². The molecular formula is C21H26N4O5. The summed E-state index contributed by atoms with van der Waals surface area (Å²) in [4.78, 5) is 24.2. The van der Waals surface area contributed by atoms with Crippen LogP contribution in [0.1, 0.15) is 42.9 Å². The molecule has 1 saturated carbocycles. The molecule has 4 rings (SSSR count). The van der Waals surface area contributed by atoms with Gasteiger partial charge >= 0.3 is 6.09 Å². The standard InChI is InChI=1S/C21H26N4O5/c1-28-17-6-3-2-5-13(17)12-22-21(27)30-15-9-14(10-15)16-11-19(25-24-16)23-20(26)18-7-4-8-29-18/h2-3,5-6,11,14-15,18H,4,7-10,12H2,1H3,(H,22,27)(H2,23,24,25,26)/t14?,15?,18-/m1/s1. The van der Waals surface area contributed by atoms with Gasteiger partial charge in [-0.1, -0.05) is 18.2 Å². The number of para-hydroxylation sites is 1. The maximum atomic E-state index is 12.1. The van der Waals surface area contributed by atoms with E-state index >= 15 is 0 Å². The number of carbonyl (C=O) groups is 2. The van der Waals surface area contributed by atoms with Crippen molar-refractivity contribution in [3.63, 3.8) is 0 Å². The van der Waals surface area contributed by atoms with E-state index in [9.17, 15) is 9.59 Å². The fourth-order valence-corrected chi connectivity index (χ4v) is 3.73. The third-order valence-corrected chi connectivity index (χ3v) is 5.50. The van der Waals surface area contributed by atoms with Crippen molar-refractivity contribution in [1.29, 1.82) is 0 Å². The highest BCUT2D eigenvalue weighted by Gasteiger charge is 2.35. The molecule has 160 valence electrons. The maximum Gasteiger partial charge on any atom is 0.407 e. The van der Waals surface area contributed by atoms with Gasteiger partial charge in [0.25, 0.3) is 5.91 Å². The number of anilines is 1. The van der Waals surface area contributed by atoms with Crippen molar-refractivity contribution < 1.29 is 23.8 Å². The summed E-state index contributed by atoms with van der Waals surface area (Å²) >= 11 is 0. The Hall–Kier alpha value is -3.07. The summed E-state index contributed by atoms with van der Waals surface area (Å²) in [5.41, 5.74) is 1.81. The first kappa shape index (κ1) is 20.2. The summed E-state index contributed by atoms with van der Waals surface area (Å²) in [5.74, 6) is 1.28. The summed E-state index contributed by atoms with van der Waals surface area (Å²) < 4.78 is 16.1. The fourth-order valence-electron chi connectivity index (χ4n) is 3.73. The highest BCUT2D eigenvalue weighted by atomic mass is 16.6. The Morgan fingerprint density at radius 3 is 2.90 bits per heavy atom. The molecule has 9 heteroatoms. The average Bonchev–Trinajstić information content (AvgIpc) is 3.41. The molecule has 1 aliphatic carbocycles. The van der Waals surface area contributed by atoms with E-state index in [1.165, 1.54) is 0 Å². The molecule has 2 fully saturated rings. The van der Waals surface area contributed by atoms with Gasteiger partial charge < -0.3 is 24.8 Å². The van der Waals surface area contributed by atoms with Gasteiger partial charge in [0.1, 0.15) is 18.0 Å². The molecule has 1 aromatic heterocycles. The van der Waals surface area contributed by atoms with Crippen LogP contribution in [-0.2, 0) is 20.8 Å². The lowest BCUT2D eigenvalue weighted by Gasteiger charge is -2.33. The number of ether oxygens (including phenoxy) is 3. The molecule has 2 amide bonds. The van der Waals surface area contributed by atoms with Gasteiger partial charge in [0, 0.05) is 36.4 Å². The molecule has 0 spiro atoms. The van der Waals surface area contributed by atoms with E-state index in [0.717, 1.165) is 29.8 Å². The Labute approximate surface area is 174 Å². The van der Waals surface area contributed by atoms with E-state index in [4.69, 9.17) is 14.2 Å². The largest absolute Gasteiger partial charge is 0.496 e. The topological polar surface area (TPSA) is 115 Å². The van der Waals surface area contributed by atoms with E-state index in [2.05, 4.69) is 20.8 Å². The first-order valence-corrected chi connectivity index (χ1v) is 10.2. The number of aromatic nitrogens is 2. The summed E-state index contributed by atoms with van der Waals surface area (Å²) in [6.45, 7) is 0.965. The number of methoxy groups -OCH3 is 1. The number of carbonyl (C=O) groups excluding carboxylic acids is 2. The minimum atomic E-state index is -0.446. The van der Waals surface area contributed by atoms with Crippen LogP contribution < -0.4 is 15.4 Å². The van der Waals surface area contributed by atoms with E-state index in [1.807, 2.05) is 30.3 Å². The molecule has 9 nitrogen and oxygen atoms in total. The van der Waals surface area contributed by atoms with Crippen molar-refractivity contribution in [2.45, 2.75) is 50.4 Å². The molecular weight excluding hydrogens is 388 g/mol. The first-order chi connectivity index (χ1) is 14.6. The van der Waals surface area contributed by atoms with Crippen molar-refractivity contribution >= 4 is 17.8 Å². The number of rotatable bonds is 7. The lowest BCUT2D eigenvalue weighted by Crippen LogP contribution is -2.36. The van der Waals surface area contributed by atoms with Gasteiger partial charge in [-0.2, -0.15) is 5.10 Å². The Kier molecular flexibility index (Phi) is 6.18. The zero-order valence-electron chi connectivity index (χ0n) is 16.8. The van der Waals surface area contributed by atoms with Crippen LogP contribution in [0.5, 0.6) is 5.75 Å². The molecule has 1 aliphatic heterocycles. The minimum Gasteiger partial charge on any atom is -0.496 e. The number of hydrogen-bond donors (Lipinski definition) is 3. The van der Waals surface area contributed by atoms with Crippen molar-refractivity contribution in [2.75, 3.05) is 19.0 Å². The lowest BCUT2D eigenvalue weighted by molar-refractivity contribution is -0.124. The normalized spacial score (nSPS) is 22.8. The number of nitrogens with zero attached hydrogens (tertiary/aromatic N) is 1. The van der Waals surface area contributed by atoms with Crippen LogP contribution in [0.25, 0.3) is 0 Å². The van der Waals surface area contributed by atoms with Gasteiger partial charge in [0.2, 0.25) is 0 Å². The molecule has 30 heavy (non-hydrogen) atoms. The van der Waals surface area contributed by atoms with Crippen LogP contribution in [0, 0.1) is 0 Å². The van der Waals surface area contributed by atoms with Crippen LogP contribution in [0.4, 0.5) is 10.6 Å². The van der Waals surface area contributed by atoms with Crippen LogP contribution in [0.2, 0.25) is 0 Å². The van der Waals surface area contributed by atoms with E-state index in [1.54, 1.807) is 7.11 Å². The van der Waals surface area contributed by atoms with Gasteiger partial charge in [-0.25, -0.2) is 4.79 Å². The zero-order valence-corrected chi connectivity index (χ0v) is 16.8. The van der Waals surface area contributed by atoms with Gasteiger partial charge in [-0.05, 0) is 31.7 Å².